The molecule has 0 radical (unpaired) electrons. The summed E-state index contributed by atoms with van der Waals surface area (Å²) in [6, 6.07) is 8.96. The highest BCUT2D eigenvalue weighted by Crippen LogP contribution is 2.31. The number of benzene rings is 2. The fourth-order valence-electron chi connectivity index (χ4n) is 1.91. The maximum atomic E-state index is 13.6. The third-order valence-corrected chi connectivity index (χ3v) is 2.97. The first kappa shape index (κ1) is 15.0. The Kier molecular flexibility index (Phi) is 4.87. The van der Waals surface area contributed by atoms with E-state index in [1.165, 1.54) is 18.2 Å². The molecule has 0 aliphatic carbocycles. The summed E-state index contributed by atoms with van der Waals surface area (Å²) in [4.78, 5) is 3.93. The van der Waals surface area contributed by atoms with Gasteiger partial charge in [-0.15, -0.1) is 0 Å². The highest BCUT2D eigenvalue weighted by Gasteiger charge is 2.09. The van der Waals surface area contributed by atoms with Crippen molar-refractivity contribution in [2.24, 2.45) is 4.99 Å². The van der Waals surface area contributed by atoms with E-state index in [4.69, 9.17) is 0 Å². The summed E-state index contributed by atoms with van der Waals surface area (Å²) in [5, 5.41) is 5.95. The van der Waals surface area contributed by atoms with Gasteiger partial charge in [0.1, 0.15) is 17.3 Å². The van der Waals surface area contributed by atoms with Gasteiger partial charge in [-0.1, -0.05) is 13.0 Å². The van der Waals surface area contributed by atoms with Gasteiger partial charge in [0, 0.05) is 12.2 Å². The van der Waals surface area contributed by atoms with Crippen LogP contribution in [0.3, 0.4) is 0 Å². The Morgan fingerprint density at radius 1 is 1.14 bits per heavy atom. The second-order valence-electron chi connectivity index (χ2n) is 4.54. The first-order chi connectivity index (χ1) is 10.2. The molecule has 2 N–H and O–H groups in total. The number of aliphatic imine (C=N–C) groups is 1. The second-order valence-corrected chi connectivity index (χ2v) is 4.54. The molecular formula is C16H17F2N3. The monoisotopic (exact) mass is 289 g/mol. The summed E-state index contributed by atoms with van der Waals surface area (Å²) in [6.45, 7) is 6.39. The van der Waals surface area contributed by atoms with E-state index < -0.39 is 11.6 Å². The molecule has 21 heavy (non-hydrogen) atoms. The van der Waals surface area contributed by atoms with Crippen molar-refractivity contribution in [3.05, 3.63) is 48.0 Å². The molecule has 2 aromatic rings. The van der Waals surface area contributed by atoms with Crippen LogP contribution in [0.2, 0.25) is 0 Å². The van der Waals surface area contributed by atoms with Gasteiger partial charge in [0.05, 0.1) is 11.4 Å². The topological polar surface area (TPSA) is 36.4 Å². The van der Waals surface area contributed by atoms with Crippen LogP contribution in [0.15, 0.2) is 41.4 Å². The minimum atomic E-state index is -0.642. The Labute approximate surface area is 122 Å². The summed E-state index contributed by atoms with van der Waals surface area (Å²) in [5.74, 6) is -1.28. The minimum absolute atomic E-state index is 0.179. The van der Waals surface area contributed by atoms with Crippen LogP contribution in [0.25, 0.3) is 0 Å². The summed E-state index contributed by atoms with van der Waals surface area (Å²) in [5.41, 5.74) is 1.84. The summed E-state index contributed by atoms with van der Waals surface area (Å²) in [7, 11) is 0. The predicted molar refractivity (Wildman–Crippen MR) is 84.1 cm³/mol. The fourth-order valence-corrected chi connectivity index (χ4v) is 1.91. The van der Waals surface area contributed by atoms with Gasteiger partial charge in [-0.3, -0.25) is 4.99 Å². The lowest BCUT2D eigenvalue weighted by Crippen LogP contribution is -2.01. The standard InChI is InChI=1S/C16H17F2N3/c1-3-9-20-14-8-7-11(10-15(14)19-2)21-16-12(17)5-4-6-13(16)18/h4-8,10,20-21H,2-3,9H2,1H3. The van der Waals surface area contributed by atoms with E-state index in [1.807, 2.05) is 0 Å². The Hall–Kier alpha value is -2.43. The molecule has 0 fully saturated rings. The Balaban J connectivity index is 2.27. The zero-order chi connectivity index (χ0) is 15.2. The van der Waals surface area contributed by atoms with Crippen molar-refractivity contribution < 1.29 is 8.78 Å². The fraction of sp³-hybridized carbons (Fsp3) is 0.188. The second kappa shape index (κ2) is 6.83. The number of para-hydroxylation sites is 1. The maximum Gasteiger partial charge on any atom is 0.149 e. The molecule has 0 saturated carbocycles. The van der Waals surface area contributed by atoms with Crippen molar-refractivity contribution >= 4 is 29.5 Å². The van der Waals surface area contributed by atoms with E-state index in [-0.39, 0.29) is 5.69 Å². The molecule has 0 saturated heterocycles. The molecule has 0 spiro atoms. The van der Waals surface area contributed by atoms with Gasteiger partial charge >= 0.3 is 0 Å². The van der Waals surface area contributed by atoms with Crippen LogP contribution in [0.1, 0.15) is 13.3 Å². The lowest BCUT2D eigenvalue weighted by Gasteiger charge is -2.12. The molecular weight excluding hydrogens is 272 g/mol. The molecule has 0 unspecified atom stereocenters. The van der Waals surface area contributed by atoms with Crippen molar-refractivity contribution in [3.63, 3.8) is 0 Å². The third kappa shape index (κ3) is 3.56. The molecule has 0 atom stereocenters. The summed E-state index contributed by atoms with van der Waals surface area (Å²) >= 11 is 0. The van der Waals surface area contributed by atoms with E-state index in [2.05, 4.69) is 29.3 Å². The van der Waals surface area contributed by atoms with Crippen LogP contribution in [-0.2, 0) is 0 Å². The number of nitrogens with zero attached hydrogens (tertiary/aromatic N) is 1. The average molecular weight is 289 g/mol. The number of rotatable bonds is 6. The first-order valence-corrected chi connectivity index (χ1v) is 6.71. The number of hydrogen-bond donors (Lipinski definition) is 2. The van der Waals surface area contributed by atoms with E-state index in [0.717, 1.165) is 18.7 Å². The molecule has 2 rings (SSSR count). The van der Waals surface area contributed by atoms with Crippen molar-refractivity contribution in [3.8, 4) is 0 Å². The normalized spacial score (nSPS) is 10.2. The van der Waals surface area contributed by atoms with Crippen molar-refractivity contribution in [1.82, 2.24) is 0 Å². The van der Waals surface area contributed by atoms with E-state index in [0.29, 0.717) is 11.4 Å². The lowest BCUT2D eigenvalue weighted by molar-refractivity contribution is 0.591. The third-order valence-electron chi connectivity index (χ3n) is 2.97. The predicted octanol–water partition coefficient (Wildman–Crippen LogP) is 4.86. The van der Waals surface area contributed by atoms with Crippen LogP contribution < -0.4 is 10.6 Å². The highest BCUT2D eigenvalue weighted by atomic mass is 19.1. The zero-order valence-electron chi connectivity index (χ0n) is 11.8. The van der Waals surface area contributed by atoms with Gasteiger partial charge in [-0.2, -0.15) is 0 Å². The molecule has 0 aliphatic heterocycles. The van der Waals surface area contributed by atoms with Gasteiger partial charge in [0.25, 0.3) is 0 Å². The van der Waals surface area contributed by atoms with Gasteiger partial charge < -0.3 is 10.6 Å². The Bertz CT molecular complexity index is 621. The van der Waals surface area contributed by atoms with Crippen LogP contribution in [0.5, 0.6) is 0 Å². The minimum Gasteiger partial charge on any atom is -0.383 e. The molecule has 5 heteroatoms. The van der Waals surface area contributed by atoms with Gasteiger partial charge in [-0.25, -0.2) is 8.78 Å². The quantitative estimate of drug-likeness (QED) is 0.745. The lowest BCUT2D eigenvalue weighted by atomic mass is 10.2. The average Bonchev–Trinajstić information content (AvgIpc) is 2.49. The van der Waals surface area contributed by atoms with Gasteiger partial charge in [0.15, 0.2) is 0 Å². The summed E-state index contributed by atoms with van der Waals surface area (Å²) < 4.78 is 27.2. The number of halogens is 2. The molecule has 0 heterocycles. The highest BCUT2D eigenvalue weighted by molar-refractivity contribution is 5.75. The molecule has 2 aromatic carbocycles. The van der Waals surface area contributed by atoms with Crippen molar-refractivity contribution in [2.45, 2.75) is 13.3 Å². The molecule has 0 aliphatic rings. The van der Waals surface area contributed by atoms with Crippen molar-refractivity contribution in [1.29, 1.82) is 0 Å². The largest absolute Gasteiger partial charge is 0.383 e. The SMILES string of the molecule is C=Nc1cc(Nc2c(F)cccc2F)ccc1NCCC. The summed E-state index contributed by atoms with van der Waals surface area (Å²) in [6.07, 6.45) is 0.983. The molecule has 0 bridgehead atoms. The molecule has 0 aromatic heterocycles. The molecule has 110 valence electrons. The maximum absolute atomic E-state index is 13.6. The number of hydrogen-bond acceptors (Lipinski definition) is 3. The molecule has 0 amide bonds. The van der Waals surface area contributed by atoms with E-state index >= 15 is 0 Å². The number of nitrogens with one attached hydrogen (secondary N) is 2. The molecule has 3 nitrogen and oxygen atoms in total. The Morgan fingerprint density at radius 3 is 2.48 bits per heavy atom. The van der Waals surface area contributed by atoms with Gasteiger partial charge in [-0.05, 0) is 43.5 Å². The Morgan fingerprint density at radius 2 is 1.86 bits per heavy atom. The van der Waals surface area contributed by atoms with E-state index in [1.54, 1.807) is 18.2 Å². The zero-order valence-corrected chi connectivity index (χ0v) is 11.8. The van der Waals surface area contributed by atoms with Gasteiger partial charge in [0.2, 0.25) is 0 Å². The number of anilines is 3. The van der Waals surface area contributed by atoms with Crippen LogP contribution in [0, 0.1) is 11.6 Å². The smallest absolute Gasteiger partial charge is 0.149 e. The van der Waals surface area contributed by atoms with Crippen LogP contribution >= 0.6 is 0 Å². The van der Waals surface area contributed by atoms with Crippen LogP contribution in [0.4, 0.5) is 31.5 Å². The first-order valence-electron chi connectivity index (χ1n) is 6.71. The van der Waals surface area contributed by atoms with Crippen molar-refractivity contribution in [2.75, 3.05) is 17.2 Å². The van der Waals surface area contributed by atoms with Crippen LogP contribution in [-0.4, -0.2) is 13.3 Å². The van der Waals surface area contributed by atoms with E-state index in [9.17, 15) is 8.78 Å².